The molecule has 0 heterocycles. The number of nitrogens with one attached hydrogen (secondary N) is 1. The zero-order valence-electron chi connectivity index (χ0n) is 18.1. The maximum absolute atomic E-state index is 12.8. The van der Waals surface area contributed by atoms with Crippen LogP contribution in [0.15, 0.2) is 18.2 Å². The lowest BCUT2D eigenvalue weighted by Crippen LogP contribution is -2.42. The molecule has 1 atom stereocenters. The molecule has 1 unspecified atom stereocenters. The highest BCUT2D eigenvalue weighted by Crippen LogP contribution is 2.34. The van der Waals surface area contributed by atoms with Gasteiger partial charge >= 0.3 is 12.2 Å². The standard InChI is InChI=1S/C23H34N2O4/c1-5-25(17-9-7-6-8-10-17)22(27)28-18-13-11-16-12-14-20(19(16)15-18)24-21(26)29-23(2,3)4/h11,13,15,17,20H,5-10,12,14H2,1-4H3,(H,24,26). The van der Waals surface area contributed by atoms with E-state index in [0.29, 0.717) is 12.3 Å². The van der Waals surface area contributed by atoms with Crippen molar-refractivity contribution in [3.63, 3.8) is 0 Å². The molecule has 2 amide bonds. The molecule has 6 nitrogen and oxygen atoms in total. The fraction of sp³-hybridized carbons (Fsp3) is 0.652. The van der Waals surface area contributed by atoms with Crippen molar-refractivity contribution >= 4 is 12.2 Å². The van der Waals surface area contributed by atoms with Crippen molar-refractivity contribution in [2.45, 2.75) is 90.3 Å². The van der Waals surface area contributed by atoms with Crippen LogP contribution in [0.1, 0.15) is 83.4 Å². The third kappa shape index (κ3) is 5.64. The number of carbonyl (C=O) groups excluding carboxylic acids is 2. The van der Waals surface area contributed by atoms with Gasteiger partial charge in [-0.2, -0.15) is 0 Å². The molecule has 0 aromatic heterocycles. The van der Waals surface area contributed by atoms with E-state index in [4.69, 9.17) is 9.47 Å². The number of amides is 2. The Kier molecular flexibility index (Phi) is 6.70. The van der Waals surface area contributed by atoms with Crippen LogP contribution >= 0.6 is 0 Å². The number of hydrogen-bond acceptors (Lipinski definition) is 4. The topological polar surface area (TPSA) is 67.9 Å². The van der Waals surface area contributed by atoms with Gasteiger partial charge in [0.2, 0.25) is 0 Å². The smallest absolute Gasteiger partial charge is 0.415 e. The zero-order chi connectivity index (χ0) is 21.0. The summed E-state index contributed by atoms with van der Waals surface area (Å²) in [4.78, 5) is 26.8. The van der Waals surface area contributed by atoms with Gasteiger partial charge in [0.05, 0.1) is 6.04 Å². The molecule has 1 aromatic rings. The number of ether oxygens (including phenoxy) is 2. The van der Waals surface area contributed by atoms with E-state index in [-0.39, 0.29) is 18.2 Å². The summed E-state index contributed by atoms with van der Waals surface area (Å²) in [7, 11) is 0. The molecular weight excluding hydrogens is 368 g/mol. The van der Waals surface area contributed by atoms with Crippen molar-refractivity contribution in [3.8, 4) is 5.75 Å². The van der Waals surface area contributed by atoms with Crippen molar-refractivity contribution in [3.05, 3.63) is 29.3 Å². The summed E-state index contributed by atoms with van der Waals surface area (Å²) in [6.07, 6.45) is 6.68. The van der Waals surface area contributed by atoms with Gasteiger partial charge in [0.1, 0.15) is 11.4 Å². The molecule has 0 bridgehead atoms. The van der Waals surface area contributed by atoms with E-state index in [1.807, 2.05) is 50.8 Å². The van der Waals surface area contributed by atoms with Crippen LogP contribution in [-0.2, 0) is 11.2 Å². The van der Waals surface area contributed by atoms with E-state index in [2.05, 4.69) is 5.32 Å². The minimum Gasteiger partial charge on any atom is -0.444 e. The van der Waals surface area contributed by atoms with Gasteiger partial charge in [-0.1, -0.05) is 25.3 Å². The van der Waals surface area contributed by atoms with Crippen molar-refractivity contribution in [1.29, 1.82) is 0 Å². The second-order valence-electron chi connectivity index (χ2n) is 9.04. The first-order valence-corrected chi connectivity index (χ1v) is 10.9. The number of rotatable bonds is 4. The fourth-order valence-electron chi connectivity index (χ4n) is 4.33. The molecular formula is C23H34N2O4. The minimum atomic E-state index is -0.536. The van der Waals surface area contributed by atoms with Crippen molar-refractivity contribution < 1.29 is 19.1 Å². The number of alkyl carbamates (subject to hydrolysis) is 1. The first-order chi connectivity index (χ1) is 13.8. The summed E-state index contributed by atoms with van der Waals surface area (Å²) >= 11 is 0. The van der Waals surface area contributed by atoms with Crippen molar-refractivity contribution in [2.24, 2.45) is 0 Å². The molecule has 2 aliphatic carbocycles. The highest BCUT2D eigenvalue weighted by Gasteiger charge is 2.29. The first kappa shape index (κ1) is 21.5. The molecule has 6 heteroatoms. The van der Waals surface area contributed by atoms with Crippen LogP contribution < -0.4 is 10.1 Å². The molecule has 1 fully saturated rings. The Hall–Kier alpha value is -2.24. The molecule has 0 aliphatic heterocycles. The predicted octanol–water partition coefficient (Wildman–Crippen LogP) is 5.35. The molecule has 3 rings (SSSR count). The molecule has 29 heavy (non-hydrogen) atoms. The van der Waals surface area contributed by atoms with Crippen molar-refractivity contribution in [2.75, 3.05) is 6.54 Å². The summed E-state index contributed by atoms with van der Waals surface area (Å²) in [6, 6.07) is 5.88. The highest BCUT2D eigenvalue weighted by molar-refractivity contribution is 5.71. The summed E-state index contributed by atoms with van der Waals surface area (Å²) in [5.74, 6) is 0.529. The summed E-state index contributed by atoms with van der Waals surface area (Å²) in [5.41, 5.74) is 1.64. The van der Waals surface area contributed by atoms with Crippen LogP contribution in [0.5, 0.6) is 5.75 Å². The van der Waals surface area contributed by atoms with Crippen LogP contribution in [0, 0.1) is 0 Å². The fourth-order valence-corrected chi connectivity index (χ4v) is 4.33. The van der Waals surface area contributed by atoms with Gasteiger partial charge in [-0.05, 0) is 76.6 Å². The van der Waals surface area contributed by atoms with Gasteiger partial charge in [-0.15, -0.1) is 0 Å². The predicted molar refractivity (Wildman–Crippen MR) is 112 cm³/mol. The van der Waals surface area contributed by atoms with Crippen LogP contribution in [0.25, 0.3) is 0 Å². The summed E-state index contributed by atoms with van der Waals surface area (Å²) < 4.78 is 11.1. The maximum atomic E-state index is 12.8. The molecule has 0 radical (unpaired) electrons. The average Bonchev–Trinajstić information content (AvgIpc) is 3.04. The normalized spacial score (nSPS) is 19.4. The Morgan fingerprint density at radius 3 is 2.52 bits per heavy atom. The Morgan fingerprint density at radius 1 is 1.14 bits per heavy atom. The Labute approximate surface area is 173 Å². The van der Waals surface area contributed by atoms with Gasteiger partial charge in [0.25, 0.3) is 0 Å². The SMILES string of the molecule is CCN(C(=O)Oc1ccc2c(c1)C(NC(=O)OC(C)(C)C)CC2)C1CCCCC1. The molecule has 0 saturated heterocycles. The lowest BCUT2D eigenvalue weighted by Gasteiger charge is -2.32. The monoisotopic (exact) mass is 402 g/mol. The zero-order valence-corrected chi connectivity index (χ0v) is 18.1. The Bertz CT molecular complexity index is 735. The number of nitrogens with zero attached hydrogens (tertiary/aromatic N) is 1. The van der Waals surface area contributed by atoms with Gasteiger partial charge in [0, 0.05) is 12.6 Å². The third-order valence-corrected chi connectivity index (χ3v) is 5.68. The van der Waals surface area contributed by atoms with E-state index in [9.17, 15) is 9.59 Å². The second-order valence-corrected chi connectivity index (χ2v) is 9.04. The first-order valence-electron chi connectivity index (χ1n) is 10.9. The van der Waals surface area contributed by atoms with Crippen LogP contribution in [0.4, 0.5) is 9.59 Å². The summed E-state index contributed by atoms with van der Waals surface area (Å²) in [5, 5.41) is 2.95. The van der Waals surface area contributed by atoms with Crippen LogP contribution in [0.2, 0.25) is 0 Å². The van der Waals surface area contributed by atoms with Crippen LogP contribution in [-0.4, -0.2) is 35.3 Å². The second kappa shape index (κ2) is 9.06. The molecule has 1 N–H and O–H groups in total. The maximum Gasteiger partial charge on any atom is 0.415 e. The van der Waals surface area contributed by atoms with Gasteiger partial charge in [-0.3, -0.25) is 0 Å². The number of carbonyl (C=O) groups is 2. The van der Waals surface area contributed by atoms with E-state index in [1.54, 1.807) is 0 Å². The number of hydrogen-bond donors (Lipinski definition) is 1. The molecule has 1 saturated carbocycles. The largest absolute Gasteiger partial charge is 0.444 e. The van der Waals surface area contributed by atoms with E-state index < -0.39 is 11.7 Å². The lowest BCUT2D eigenvalue weighted by molar-refractivity contribution is 0.0503. The number of benzene rings is 1. The molecule has 1 aromatic carbocycles. The van der Waals surface area contributed by atoms with Gasteiger partial charge in [-0.25, -0.2) is 9.59 Å². The lowest BCUT2D eigenvalue weighted by atomic mass is 9.94. The molecule has 160 valence electrons. The third-order valence-electron chi connectivity index (χ3n) is 5.68. The van der Waals surface area contributed by atoms with Crippen molar-refractivity contribution in [1.82, 2.24) is 10.2 Å². The highest BCUT2D eigenvalue weighted by atomic mass is 16.6. The molecule has 0 spiro atoms. The van der Waals surface area contributed by atoms with E-state index >= 15 is 0 Å². The van der Waals surface area contributed by atoms with Gasteiger partial charge < -0.3 is 19.7 Å². The minimum absolute atomic E-state index is 0.126. The number of fused-ring (bicyclic) bond motifs is 1. The summed E-state index contributed by atoms with van der Waals surface area (Å²) in [6.45, 7) is 8.19. The Morgan fingerprint density at radius 2 is 1.86 bits per heavy atom. The van der Waals surface area contributed by atoms with E-state index in [0.717, 1.165) is 31.2 Å². The quantitative estimate of drug-likeness (QED) is 0.737. The number of aryl methyl sites for hydroxylation is 1. The van der Waals surface area contributed by atoms with Crippen LogP contribution in [0.3, 0.4) is 0 Å². The van der Waals surface area contributed by atoms with E-state index in [1.165, 1.54) is 24.8 Å². The van der Waals surface area contributed by atoms with Gasteiger partial charge in [0.15, 0.2) is 0 Å². The Balaban J connectivity index is 1.66. The molecule has 2 aliphatic rings. The average molecular weight is 403 g/mol.